The number of aromatic nitrogens is 5. The van der Waals surface area contributed by atoms with E-state index in [1.54, 1.807) is 11.2 Å². The molecule has 0 radical (unpaired) electrons. The fourth-order valence-corrected chi connectivity index (χ4v) is 3.80. The number of hydrogen-bond donors (Lipinski definition) is 1. The zero-order chi connectivity index (χ0) is 23.0. The standard InChI is InChI=1S/C23H30N8O/c1-14(2)29(6)21-10-16-17(19(27-21)11-24-5)12-30(23(16)32)20-9-7-8-18(26-20)22-28-25-13-31(22)15(3)4/h7-10,13-15,24H,11-12H2,1-6H3. The van der Waals surface area contributed by atoms with Crippen LogP contribution in [-0.4, -0.2) is 50.8 Å². The Morgan fingerprint density at radius 2 is 1.97 bits per heavy atom. The van der Waals surface area contributed by atoms with Crippen molar-refractivity contribution in [3.63, 3.8) is 0 Å². The molecule has 1 N–H and O–H groups in total. The minimum Gasteiger partial charge on any atom is -0.357 e. The third-order valence-corrected chi connectivity index (χ3v) is 5.84. The summed E-state index contributed by atoms with van der Waals surface area (Å²) in [5.41, 5.74) is 3.21. The van der Waals surface area contributed by atoms with Crippen molar-refractivity contribution in [3.8, 4) is 11.5 Å². The molecule has 0 fully saturated rings. The number of nitrogens with one attached hydrogen (secondary N) is 1. The van der Waals surface area contributed by atoms with Gasteiger partial charge in [0.1, 0.15) is 23.7 Å². The Kier molecular flexibility index (Phi) is 5.92. The topological polar surface area (TPSA) is 92.1 Å². The van der Waals surface area contributed by atoms with Crippen LogP contribution in [0.25, 0.3) is 11.5 Å². The van der Waals surface area contributed by atoms with Gasteiger partial charge < -0.3 is 14.8 Å². The van der Waals surface area contributed by atoms with E-state index in [9.17, 15) is 4.79 Å². The van der Waals surface area contributed by atoms with Gasteiger partial charge in [0, 0.05) is 31.2 Å². The summed E-state index contributed by atoms with van der Waals surface area (Å²) in [4.78, 5) is 26.9. The van der Waals surface area contributed by atoms with E-state index in [1.165, 1.54) is 0 Å². The van der Waals surface area contributed by atoms with Crippen LogP contribution in [0.4, 0.5) is 11.6 Å². The number of hydrogen-bond acceptors (Lipinski definition) is 7. The van der Waals surface area contributed by atoms with Gasteiger partial charge in [-0.25, -0.2) is 9.97 Å². The molecule has 3 aromatic rings. The maximum absolute atomic E-state index is 13.5. The molecular formula is C23H30N8O. The second-order valence-corrected chi connectivity index (χ2v) is 8.62. The van der Waals surface area contributed by atoms with E-state index >= 15 is 0 Å². The molecule has 1 aliphatic rings. The highest BCUT2D eigenvalue weighted by molar-refractivity contribution is 6.10. The molecule has 0 saturated heterocycles. The largest absolute Gasteiger partial charge is 0.357 e. The first-order valence-electron chi connectivity index (χ1n) is 10.9. The van der Waals surface area contributed by atoms with Crippen molar-refractivity contribution in [2.45, 2.75) is 52.9 Å². The SMILES string of the molecule is CNCc1nc(N(C)C(C)C)cc2c1CN(c1cccc(-c3nncn3C(C)C)n1)C2=O. The zero-order valence-corrected chi connectivity index (χ0v) is 19.5. The van der Waals surface area contributed by atoms with Crippen molar-refractivity contribution in [2.75, 3.05) is 23.9 Å². The molecule has 0 aromatic carbocycles. The average molecular weight is 435 g/mol. The van der Waals surface area contributed by atoms with Gasteiger partial charge in [-0.3, -0.25) is 9.69 Å². The Hall–Kier alpha value is -3.33. The predicted octanol–water partition coefficient (Wildman–Crippen LogP) is 3.04. The normalized spacial score (nSPS) is 13.4. The summed E-state index contributed by atoms with van der Waals surface area (Å²) in [5, 5.41) is 11.5. The van der Waals surface area contributed by atoms with E-state index in [0.29, 0.717) is 36.0 Å². The van der Waals surface area contributed by atoms with Crippen molar-refractivity contribution in [1.29, 1.82) is 0 Å². The molecule has 0 aliphatic carbocycles. The Morgan fingerprint density at radius 3 is 2.66 bits per heavy atom. The lowest BCUT2D eigenvalue weighted by Gasteiger charge is -2.24. The monoisotopic (exact) mass is 434 g/mol. The van der Waals surface area contributed by atoms with E-state index in [2.05, 4.69) is 48.1 Å². The van der Waals surface area contributed by atoms with Gasteiger partial charge in [-0.2, -0.15) is 0 Å². The predicted molar refractivity (Wildman–Crippen MR) is 125 cm³/mol. The lowest BCUT2D eigenvalue weighted by atomic mass is 10.1. The molecule has 0 atom stereocenters. The van der Waals surface area contributed by atoms with Gasteiger partial charge in [0.2, 0.25) is 0 Å². The van der Waals surface area contributed by atoms with Crippen molar-refractivity contribution in [3.05, 3.63) is 47.4 Å². The number of anilines is 2. The van der Waals surface area contributed by atoms with Crippen LogP contribution in [0.3, 0.4) is 0 Å². The number of amides is 1. The van der Waals surface area contributed by atoms with Crippen LogP contribution < -0.4 is 15.1 Å². The number of nitrogens with zero attached hydrogens (tertiary/aromatic N) is 7. The van der Waals surface area contributed by atoms with Gasteiger partial charge in [0.25, 0.3) is 5.91 Å². The summed E-state index contributed by atoms with van der Waals surface area (Å²) < 4.78 is 1.97. The summed E-state index contributed by atoms with van der Waals surface area (Å²) in [7, 11) is 3.88. The first-order chi connectivity index (χ1) is 15.3. The number of rotatable bonds is 7. The van der Waals surface area contributed by atoms with Crippen LogP contribution in [0.5, 0.6) is 0 Å². The highest BCUT2D eigenvalue weighted by Crippen LogP contribution is 2.32. The van der Waals surface area contributed by atoms with Gasteiger partial charge in [0.15, 0.2) is 5.82 Å². The van der Waals surface area contributed by atoms with E-state index < -0.39 is 0 Å². The average Bonchev–Trinajstić information content (AvgIpc) is 3.39. The zero-order valence-electron chi connectivity index (χ0n) is 19.5. The minimum absolute atomic E-state index is 0.0619. The summed E-state index contributed by atoms with van der Waals surface area (Å²) in [5.74, 6) is 2.01. The third kappa shape index (κ3) is 3.84. The molecule has 9 heteroatoms. The molecule has 1 amide bonds. The van der Waals surface area contributed by atoms with Gasteiger partial charge in [-0.15, -0.1) is 10.2 Å². The maximum Gasteiger partial charge on any atom is 0.260 e. The summed E-state index contributed by atoms with van der Waals surface area (Å²) in [6, 6.07) is 8.02. The Morgan fingerprint density at radius 1 is 1.19 bits per heavy atom. The minimum atomic E-state index is -0.0619. The quantitative estimate of drug-likeness (QED) is 0.611. The summed E-state index contributed by atoms with van der Waals surface area (Å²) in [6.07, 6.45) is 1.70. The Labute approximate surface area is 188 Å². The Balaban J connectivity index is 1.73. The molecule has 0 unspecified atom stereocenters. The van der Waals surface area contributed by atoms with Crippen LogP contribution in [0.1, 0.15) is 55.4 Å². The van der Waals surface area contributed by atoms with Crippen LogP contribution in [0.2, 0.25) is 0 Å². The lowest BCUT2D eigenvalue weighted by Crippen LogP contribution is -2.27. The smallest absolute Gasteiger partial charge is 0.260 e. The highest BCUT2D eigenvalue weighted by Gasteiger charge is 2.33. The van der Waals surface area contributed by atoms with Crippen molar-refractivity contribution in [1.82, 2.24) is 30.0 Å². The van der Waals surface area contributed by atoms with E-state index in [-0.39, 0.29) is 18.0 Å². The fourth-order valence-electron chi connectivity index (χ4n) is 3.80. The van der Waals surface area contributed by atoms with Gasteiger partial charge in [-0.05, 0) is 52.9 Å². The van der Waals surface area contributed by atoms with Gasteiger partial charge in [0.05, 0.1) is 17.8 Å². The highest BCUT2D eigenvalue weighted by atomic mass is 16.2. The van der Waals surface area contributed by atoms with E-state index in [1.807, 2.05) is 42.9 Å². The molecule has 0 bridgehead atoms. The number of carbonyl (C=O) groups excluding carboxylic acids is 1. The number of carbonyl (C=O) groups is 1. The third-order valence-electron chi connectivity index (χ3n) is 5.84. The van der Waals surface area contributed by atoms with Crippen LogP contribution in [-0.2, 0) is 13.1 Å². The second-order valence-electron chi connectivity index (χ2n) is 8.62. The molecular weight excluding hydrogens is 404 g/mol. The number of pyridine rings is 2. The molecule has 168 valence electrons. The van der Waals surface area contributed by atoms with Crippen molar-refractivity contribution < 1.29 is 4.79 Å². The molecule has 4 heterocycles. The first kappa shape index (κ1) is 21.9. The van der Waals surface area contributed by atoms with E-state index in [4.69, 9.17) is 9.97 Å². The van der Waals surface area contributed by atoms with Crippen LogP contribution in [0, 0.1) is 0 Å². The summed E-state index contributed by atoms with van der Waals surface area (Å²) in [6.45, 7) is 9.38. The first-order valence-corrected chi connectivity index (χ1v) is 10.9. The van der Waals surface area contributed by atoms with Gasteiger partial charge >= 0.3 is 0 Å². The molecule has 32 heavy (non-hydrogen) atoms. The molecule has 4 rings (SSSR count). The van der Waals surface area contributed by atoms with Gasteiger partial charge in [-0.1, -0.05) is 6.07 Å². The fraction of sp³-hybridized carbons (Fsp3) is 0.435. The molecule has 0 saturated carbocycles. The van der Waals surface area contributed by atoms with Crippen molar-refractivity contribution >= 4 is 17.5 Å². The summed E-state index contributed by atoms with van der Waals surface area (Å²) >= 11 is 0. The molecule has 1 aliphatic heterocycles. The molecule has 9 nitrogen and oxygen atoms in total. The maximum atomic E-state index is 13.5. The Bertz CT molecular complexity index is 1140. The molecule has 0 spiro atoms. The van der Waals surface area contributed by atoms with Crippen LogP contribution in [0.15, 0.2) is 30.6 Å². The number of fused-ring (bicyclic) bond motifs is 1. The molecule has 3 aromatic heterocycles. The van der Waals surface area contributed by atoms with Crippen molar-refractivity contribution in [2.24, 2.45) is 0 Å². The van der Waals surface area contributed by atoms with Crippen LogP contribution >= 0.6 is 0 Å². The van der Waals surface area contributed by atoms with E-state index in [0.717, 1.165) is 17.1 Å². The second kappa shape index (κ2) is 8.66. The lowest BCUT2D eigenvalue weighted by molar-refractivity contribution is 0.0996.